The van der Waals surface area contributed by atoms with Crippen molar-refractivity contribution >= 4 is 23.2 Å². The van der Waals surface area contributed by atoms with Gasteiger partial charge in [0.1, 0.15) is 22.2 Å². The maximum absolute atomic E-state index is 12.2. The van der Waals surface area contributed by atoms with E-state index in [9.17, 15) is 14.7 Å². The van der Waals surface area contributed by atoms with Crippen LogP contribution in [0.5, 0.6) is 11.5 Å². The first kappa shape index (κ1) is 20.3. The average molecular weight is 411 g/mol. The lowest BCUT2D eigenvalue weighted by Gasteiger charge is -2.06. The van der Waals surface area contributed by atoms with Gasteiger partial charge in [-0.05, 0) is 48.9 Å². The number of ether oxygens (including phenoxy) is 1. The quantitative estimate of drug-likeness (QED) is 0.495. The third kappa shape index (κ3) is 5.55. The molecule has 8 heteroatoms. The number of carbonyl (C=O) groups is 2. The summed E-state index contributed by atoms with van der Waals surface area (Å²) in [7, 11) is 1.61. The first-order chi connectivity index (χ1) is 14.1. The Morgan fingerprint density at radius 2 is 1.79 bits per heavy atom. The maximum atomic E-state index is 12.2. The highest BCUT2D eigenvalue weighted by atomic mass is 32.1. The molecule has 0 aliphatic rings. The lowest BCUT2D eigenvalue weighted by atomic mass is 10.2. The van der Waals surface area contributed by atoms with Crippen LogP contribution in [0.1, 0.15) is 27.3 Å². The lowest BCUT2D eigenvalue weighted by molar-refractivity contribution is 0.0948. The number of benzene rings is 2. The second-order valence-electron chi connectivity index (χ2n) is 6.18. The number of hydrogen-bond donors (Lipinski definition) is 3. The Morgan fingerprint density at radius 3 is 2.48 bits per heavy atom. The van der Waals surface area contributed by atoms with Crippen molar-refractivity contribution in [3.63, 3.8) is 0 Å². The standard InChI is InChI=1S/C21H21N3O4S/c1-28-17-8-6-14(7-9-17)21-24-18(13-29-21)20(27)23-11-3-10-22-19(26)15-4-2-5-16(25)12-15/h2,4-9,12-13,25H,3,10-11H2,1H3,(H,22,26)(H,23,27). The van der Waals surface area contributed by atoms with Crippen molar-refractivity contribution in [1.82, 2.24) is 15.6 Å². The van der Waals surface area contributed by atoms with Crippen LogP contribution in [0, 0.1) is 0 Å². The lowest BCUT2D eigenvalue weighted by Crippen LogP contribution is -2.30. The van der Waals surface area contributed by atoms with Crippen molar-refractivity contribution in [3.8, 4) is 22.1 Å². The van der Waals surface area contributed by atoms with Gasteiger partial charge in [0, 0.05) is 29.6 Å². The number of phenols is 1. The topological polar surface area (TPSA) is 101 Å². The first-order valence-corrected chi connectivity index (χ1v) is 9.90. The minimum Gasteiger partial charge on any atom is -0.508 e. The van der Waals surface area contributed by atoms with E-state index < -0.39 is 0 Å². The van der Waals surface area contributed by atoms with Gasteiger partial charge in [-0.3, -0.25) is 9.59 Å². The number of nitrogens with one attached hydrogen (secondary N) is 2. The highest BCUT2D eigenvalue weighted by Crippen LogP contribution is 2.25. The summed E-state index contributed by atoms with van der Waals surface area (Å²) in [6.45, 7) is 0.817. The molecule has 0 bridgehead atoms. The summed E-state index contributed by atoms with van der Waals surface area (Å²) in [5.41, 5.74) is 1.68. The summed E-state index contributed by atoms with van der Waals surface area (Å²) in [4.78, 5) is 28.6. The molecule has 2 amide bonds. The van der Waals surface area contributed by atoms with Crippen LogP contribution in [0.2, 0.25) is 0 Å². The number of hydrogen-bond acceptors (Lipinski definition) is 6. The highest BCUT2D eigenvalue weighted by Gasteiger charge is 2.12. The van der Waals surface area contributed by atoms with Gasteiger partial charge in [-0.1, -0.05) is 6.07 Å². The number of thiazole rings is 1. The van der Waals surface area contributed by atoms with Gasteiger partial charge in [0.25, 0.3) is 11.8 Å². The fourth-order valence-electron chi connectivity index (χ4n) is 2.58. The number of aromatic nitrogens is 1. The molecule has 0 fully saturated rings. The molecular formula is C21H21N3O4S. The van der Waals surface area contributed by atoms with E-state index in [0.717, 1.165) is 16.3 Å². The van der Waals surface area contributed by atoms with Gasteiger partial charge in [-0.2, -0.15) is 0 Å². The highest BCUT2D eigenvalue weighted by molar-refractivity contribution is 7.13. The van der Waals surface area contributed by atoms with E-state index in [1.165, 1.54) is 23.5 Å². The molecule has 3 N–H and O–H groups in total. The number of aromatic hydroxyl groups is 1. The fourth-order valence-corrected chi connectivity index (χ4v) is 3.38. The summed E-state index contributed by atoms with van der Waals surface area (Å²) in [6, 6.07) is 13.6. The van der Waals surface area contributed by atoms with Crippen LogP contribution < -0.4 is 15.4 Å². The zero-order chi connectivity index (χ0) is 20.6. The largest absolute Gasteiger partial charge is 0.508 e. The molecule has 150 valence electrons. The Morgan fingerprint density at radius 1 is 1.07 bits per heavy atom. The molecule has 3 rings (SSSR count). The third-order valence-electron chi connectivity index (χ3n) is 4.11. The molecule has 0 saturated carbocycles. The monoisotopic (exact) mass is 411 g/mol. The summed E-state index contributed by atoms with van der Waals surface area (Å²) in [6.07, 6.45) is 0.575. The van der Waals surface area contributed by atoms with Crippen molar-refractivity contribution in [2.45, 2.75) is 6.42 Å². The number of carbonyl (C=O) groups excluding carboxylic acids is 2. The van der Waals surface area contributed by atoms with Crippen LogP contribution in [0.15, 0.2) is 53.9 Å². The van der Waals surface area contributed by atoms with E-state index in [4.69, 9.17) is 4.74 Å². The Kier molecular flexibility index (Phi) is 6.80. The second kappa shape index (κ2) is 9.70. The van der Waals surface area contributed by atoms with Crippen LogP contribution in [0.25, 0.3) is 10.6 Å². The number of rotatable bonds is 8. The minimum absolute atomic E-state index is 0.0437. The van der Waals surface area contributed by atoms with Gasteiger partial charge >= 0.3 is 0 Å². The van der Waals surface area contributed by atoms with Crippen LogP contribution in [-0.4, -0.2) is 42.1 Å². The van der Waals surface area contributed by atoms with Gasteiger partial charge in [-0.15, -0.1) is 11.3 Å². The summed E-state index contributed by atoms with van der Waals surface area (Å²) in [5.74, 6) is 0.290. The van der Waals surface area contributed by atoms with Gasteiger partial charge in [0.15, 0.2) is 0 Å². The molecule has 7 nitrogen and oxygen atoms in total. The molecule has 1 aromatic heterocycles. The van der Waals surface area contributed by atoms with Crippen molar-refractivity contribution in [1.29, 1.82) is 0 Å². The van der Waals surface area contributed by atoms with E-state index >= 15 is 0 Å². The Balaban J connectivity index is 1.43. The Bertz CT molecular complexity index is 986. The van der Waals surface area contributed by atoms with E-state index in [1.807, 2.05) is 24.3 Å². The molecule has 0 unspecified atom stereocenters. The van der Waals surface area contributed by atoms with Crippen LogP contribution >= 0.6 is 11.3 Å². The minimum atomic E-state index is -0.268. The Labute approximate surface area is 172 Å². The van der Waals surface area contributed by atoms with Crippen molar-refractivity contribution in [2.24, 2.45) is 0 Å². The predicted octanol–water partition coefficient (Wildman–Crippen LogP) is 3.07. The zero-order valence-electron chi connectivity index (χ0n) is 15.8. The molecule has 0 atom stereocenters. The molecule has 0 aliphatic carbocycles. The van der Waals surface area contributed by atoms with E-state index in [0.29, 0.717) is 30.8 Å². The molecule has 0 spiro atoms. The third-order valence-corrected chi connectivity index (χ3v) is 5.00. The molecular weight excluding hydrogens is 390 g/mol. The van der Waals surface area contributed by atoms with Gasteiger partial charge < -0.3 is 20.5 Å². The molecule has 1 heterocycles. The Hall–Kier alpha value is -3.39. The SMILES string of the molecule is COc1ccc(-c2nc(C(=O)NCCCNC(=O)c3cccc(O)c3)cs2)cc1. The maximum Gasteiger partial charge on any atom is 0.270 e. The first-order valence-electron chi connectivity index (χ1n) is 9.02. The van der Waals surface area contributed by atoms with Crippen molar-refractivity contribution in [3.05, 3.63) is 65.2 Å². The smallest absolute Gasteiger partial charge is 0.270 e. The summed E-state index contributed by atoms with van der Waals surface area (Å²) in [5, 5.41) is 17.4. The number of methoxy groups -OCH3 is 1. The zero-order valence-corrected chi connectivity index (χ0v) is 16.7. The van der Waals surface area contributed by atoms with Crippen LogP contribution in [0.3, 0.4) is 0 Å². The predicted molar refractivity (Wildman–Crippen MR) is 111 cm³/mol. The molecule has 0 aliphatic heterocycles. The molecule has 0 radical (unpaired) electrons. The van der Waals surface area contributed by atoms with Crippen molar-refractivity contribution in [2.75, 3.05) is 20.2 Å². The molecule has 3 aromatic rings. The number of nitrogens with zero attached hydrogens (tertiary/aromatic N) is 1. The second-order valence-corrected chi connectivity index (χ2v) is 7.04. The van der Waals surface area contributed by atoms with Crippen molar-refractivity contribution < 1.29 is 19.4 Å². The summed E-state index contributed by atoms with van der Waals surface area (Å²) < 4.78 is 5.14. The average Bonchev–Trinajstić information content (AvgIpc) is 3.23. The van der Waals surface area contributed by atoms with Crippen LogP contribution in [-0.2, 0) is 0 Å². The number of amides is 2. The molecule has 29 heavy (non-hydrogen) atoms. The van der Waals surface area contributed by atoms with E-state index in [-0.39, 0.29) is 17.6 Å². The van der Waals surface area contributed by atoms with Gasteiger partial charge in [0.2, 0.25) is 0 Å². The number of phenolic OH excluding ortho intramolecular Hbond substituents is 1. The molecule has 0 saturated heterocycles. The van der Waals surface area contributed by atoms with Gasteiger partial charge in [0.05, 0.1) is 7.11 Å². The van der Waals surface area contributed by atoms with E-state index in [2.05, 4.69) is 15.6 Å². The normalized spacial score (nSPS) is 10.4. The fraction of sp³-hybridized carbons (Fsp3) is 0.190. The van der Waals surface area contributed by atoms with E-state index in [1.54, 1.807) is 24.6 Å². The molecule has 2 aromatic carbocycles. The summed E-state index contributed by atoms with van der Waals surface area (Å²) >= 11 is 1.40. The van der Waals surface area contributed by atoms with Crippen LogP contribution in [0.4, 0.5) is 0 Å². The van der Waals surface area contributed by atoms with Gasteiger partial charge in [-0.25, -0.2) is 4.98 Å².